The normalized spacial score (nSPS) is 11.4. The van der Waals surface area contributed by atoms with E-state index in [2.05, 4.69) is 32.1 Å². The van der Waals surface area contributed by atoms with Gasteiger partial charge in [0.2, 0.25) is 0 Å². The van der Waals surface area contributed by atoms with Crippen LogP contribution in [-0.2, 0) is 9.59 Å². The largest absolute Gasteiger partial charge is 0.494 e. The van der Waals surface area contributed by atoms with Crippen LogP contribution in [0.2, 0.25) is 0 Å². The van der Waals surface area contributed by atoms with Gasteiger partial charge in [-0.05, 0) is 55.3 Å². The van der Waals surface area contributed by atoms with Crippen molar-refractivity contribution in [2.24, 2.45) is 5.92 Å². The smallest absolute Gasteiger partial charge is 0.276 e. The number of hydrazine groups is 1. The molecular weight excluding hydrogens is 466 g/mol. The third-order valence-corrected chi connectivity index (χ3v) is 4.65. The van der Waals surface area contributed by atoms with Gasteiger partial charge in [-0.25, -0.2) is 0 Å². The van der Waals surface area contributed by atoms with Crippen molar-refractivity contribution in [1.82, 2.24) is 16.2 Å². The monoisotopic (exact) mass is 491 g/mol. The molecule has 0 aliphatic carbocycles. The van der Waals surface area contributed by atoms with Crippen molar-refractivity contribution < 1.29 is 23.9 Å². The van der Waals surface area contributed by atoms with E-state index in [0.29, 0.717) is 23.7 Å². The molecule has 9 heteroatoms. The Labute approximate surface area is 189 Å². The van der Waals surface area contributed by atoms with Crippen molar-refractivity contribution in [3.8, 4) is 11.5 Å². The highest BCUT2D eigenvalue weighted by atomic mass is 79.9. The third-order valence-electron chi connectivity index (χ3n) is 4.15. The first-order valence-electron chi connectivity index (χ1n) is 9.81. The van der Waals surface area contributed by atoms with Gasteiger partial charge in [0, 0.05) is 10.0 Å². The molecule has 2 aromatic rings. The summed E-state index contributed by atoms with van der Waals surface area (Å²) in [4.78, 5) is 37.0. The lowest BCUT2D eigenvalue weighted by Crippen LogP contribution is -2.54. The molecule has 0 bridgehead atoms. The number of carbonyl (C=O) groups excluding carboxylic acids is 3. The predicted molar refractivity (Wildman–Crippen MR) is 120 cm³/mol. The second-order valence-electron chi connectivity index (χ2n) is 6.94. The first-order valence-corrected chi connectivity index (χ1v) is 10.6. The summed E-state index contributed by atoms with van der Waals surface area (Å²) in [6, 6.07) is 12.8. The molecule has 3 amide bonds. The van der Waals surface area contributed by atoms with Gasteiger partial charge in [-0.2, -0.15) is 0 Å². The van der Waals surface area contributed by atoms with Crippen molar-refractivity contribution in [3.63, 3.8) is 0 Å². The maximum Gasteiger partial charge on any atom is 0.276 e. The maximum absolute atomic E-state index is 12.5. The van der Waals surface area contributed by atoms with Crippen LogP contribution in [0.25, 0.3) is 0 Å². The second-order valence-corrected chi connectivity index (χ2v) is 7.85. The van der Waals surface area contributed by atoms with E-state index >= 15 is 0 Å². The molecule has 1 unspecified atom stereocenters. The lowest BCUT2D eigenvalue weighted by atomic mass is 10.0. The van der Waals surface area contributed by atoms with Crippen LogP contribution in [0.1, 0.15) is 31.1 Å². The Morgan fingerprint density at radius 3 is 2.29 bits per heavy atom. The molecular formula is C22H26BrN3O5. The highest BCUT2D eigenvalue weighted by Crippen LogP contribution is 2.17. The molecule has 8 nitrogen and oxygen atoms in total. The Kier molecular flexibility index (Phi) is 9.33. The summed E-state index contributed by atoms with van der Waals surface area (Å²) in [6.45, 7) is 5.71. The maximum atomic E-state index is 12.5. The molecule has 1 atom stereocenters. The fourth-order valence-electron chi connectivity index (χ4n) is 2.58. The number of halogens is 1. The van der Waals surface area contributed by atoms with E-state index in [1.165, 1.54) is 0 Å². The zero-order valence-corrected chi connectivity index (χ0v) is 19.2. The summed E-state index contributed by atoms with van der Waals surface area (Å²) in [5.74, 6) is -0.509. The first kappa shape index (κ1) is 24.2. The molecule has 0 aliphatic heterocycles. The van der Waals surface area contributed by atoms with Crippen LogP contribution >= 0.6 is 15.9 Å². The van der Waals surface area contributed by atoms with Gasteiger partial charge >= 0.3 is 0 Å². The third kappa shape index (κ3) is 7.93. The molecule has 166 valence electrons. The second kappa shape index (κ2) is 11.9. The summed E-state index contributed by atoms with van der Waals surface area (Å²) in [5.41, 5.74) is 5.02. The molecule has 0 spiro atoms. The van der Waals surface area contributed by atoms with E-state index in [1.54, 1.807) is 56.3 Å². The number of carbonyl (C=O) groups is 3. The molecule has 0 fully saturated rings. The van der Waals surface area contributed by atoms with Gasteiger partial charge in [-0.15, -0.1) is 0 Å². The average Bonchev–Trinajstić information content (AvgIpc) is 2.74. The van der Waals surface area contributed by atoms with E-state index in [4.69, 9.17) is 9.47 Å². The molecule has 0 radical (unpaired) electrons. The number of rotatable bonds is 9. The van der Waals surface area contributed by atoms with Gasteiger partial charge in [-0.1, -0.05) is 35.8 Å². The Balaban J connectivity index is 1.86. The number of ether oxygens (including phenoxy) is 2. The molecule has 3 N–H and O–H groups in total. The van der Waals surface area contributed by atoms with Gasteiger partial charge in [-0.3, -0.25) is 25.2 Å². The number of nitrogens with one attached hydrogen (secondary N) is 3. The number of hydrogen-bond donors (Lipinski definition) is 3. The van der Waals surface area contributed by atoms with Gasteiger partial charge in [0.1, 0.15) is 17.5 Å². The van der Waals surface area contributed by atoms with E-state index in [9.17, 15) is 14.4 Å². The van der Waals surface area contributed by atoms with Gasteiger partial charge in [0.15, 0.2) is 6.61 Å². The summed E-state index contributed by atoms with van der Waals surface area (Å²) >= 11 is 3.32. The van der Waals surface area contributed by atoms with Crippen molar-refractivity contribution >= 4 is 33.7 Å². The minimum atomic E-state index is -0.842. The molecule has 0 saturated carbocycles. The van der Waals surface area contributed by atoms with Crippen LogP contribution in [0.3, 0.4) is 0 Å². The van der Waals surface area contributed by atoms with E-state index in [1.807, 2.05) is 13.0 Å². The number of benzene rings is 2. The zero-order chi connectivity index (χ0) is 22.8. The van der Waals surface area contributed by atoms with E-state index < -0.39 is 23.8 Å². The van der Waals surface area contributed by atoms with Crippen LogP contribution in [0, 0.1) is 5.92 Å². The quantitative estimate of drug-likeness (QED) is 0.467. The highest BCUT2D eigenvalue weighted by molar-refractivity contribution is 9.10. The van der Waals surface area contributed by atoms with Gasteiger partial charge < -0.3 is 14.8 Å². The Hall–Kier alpha value is -3.07. The fourth-order valence-corrected chi connectivity index (χ4v) is 2.96. The summed E-state index contributed by atoms with van der Waals surface area (Å²) in [6.07, 6.45) is 0. The summed E-state index contributed by atoms with van der Waals surface area (Å²) < 4.78 is 11.5. The fraction of sp³-hybridized carbons (Fsp3) is 0.318. The van der Waals surface area contributed by atoms with Gasteiger partial charge in [0.05, 0.1) is 6.61 Å². The van der Waals surface area contributed by atoms with Crippen LogP contribution in [0.5, 0.6) is 11.5 Å². The molecule has 0 heterocycles. The number of amides is 3. The Morgan fingerprint density at radius 1 is 0.968 bits per heavy atom. The Bertz CT molecular complexity index is 902. The molecule has 0 saturated heterocycles. The molecule has 0 aromatic heterocycles. The number of hydrogen-bond acceptors (Lipinski definition) is 5. The lowest BCUT2D eigenvalue weighted by molar-refractivity contribution is -0.131. The zero-order valence-electron chi connectivity index (χ0n) is 17.6. The van der Waals surface area contributed by atoms with Crippen molar-refractivity contribution in [1.29, 1.82) is 0 Å². The highest BCUT2D eigenvalue weighted by Gasteiger charge is 2.25. The topological polar surface area (TPSA) is 106 Å². The van der Waals surface area contributed by atoms with Crippen LogP contribution < -0.4 is 25.6 Å². The minimum absolute atomic E-state index is 0.207. The SMILES string of the molecule is CCOc1ccc(C(=O)NC(C(=O)NNC(=O)COc2cccc(Br)c2)C(C)C)cc1. The molecule has 31 heavy (non-hydrogen) atoms. The molecule has 2 aromatic carbocycles. The first-order chi connectivity index (χ1) is 14.8. The Morgan fingerprint density at radius 2 is 1.68 bits per heavy atom. The summed E-state index contributed by atoms with van der Waals surface area (Å²) in [5, 5.41) is 2.69. The van der Waals surface area contributed by atoms with Gasteiger partial charge in [0.25, 0.3) is 17.7 Å². The van der Waals surface area contributed by atoms with Crippen molar-refractivity contribution in [2.75, 3.05) is 13.2 Å². The standard InChI is InChI=1S/C22H26BrN3O5/c1-4-30-17-10-8-15(9-11-17)21(28)24-20(14(2)3)22(29)26-25-19(27)13-31-18-7-5-6-16(23)12-18/h5-12,14,20H,4,13H2,1-3H3,(H,24,28)(H,25,27)(H,26,29). The average molecular weight is 492 g/mol. The molecule has 2 rings (SSSR count). The van der Waals surface area contributed by atoms with E-state index in [0.717, 1.165) is 4.47 Å². The van der Waals surface area contributed by atoms with Crippen LogP contribution in [0.15, 0.2) is 53.0 Å². The van der Waals surface area contributed by atoms with Crippen molar-refractivity contribution in [3.05, 3.63) is 58.6 Å². The van der Waals surface area contributed by atoms with Crippen LogP contribution in [0.4, 0.5) is 0 Å². The minimum Gasteiger partial charge on any atom is -0.494 e. The lowest BCUT2D eigenvalue weighted by Gasteiger charge is -2.22. The molecule has 0 aliphatic rings. The predicted octanol–water partition coefficient (Wildman–Crippen LogP) is 2.83. The van der Waals surface area contributed by atoms with E-state index in [-0.39, 0.29) is 12.5 Å². The van der Waals surface area contributed by atoms with Crippen LogP contribution in [-0.4, -0.2) is 37.0 Å². The summed E-state index contributed by atoms with van der Waals surface area (Å²) in [7, 11) is 0. The van der Waals surface area contributed by atoms with Crippen molar-refractivity contribution in [2.45, 2.75) is 26.8 Å².